The fourth-order valence-electron chi connectivity index (χ4n) is 3.15. The predicted octanol–water partition coefficient (Wildman–Crippen LogP) is 5.48. The van der Waals surface area contributed by atoms with Crippen LogP contribution in [0, 0.1) is 28.6 Å². The minimum absolute atomic E-state index is 0.170. The molecule has 0 aromatic heterocycles. The molecule has 0 saturated heterocycles. The van der Waals surface area contributed by atoms with Crippen LogP contribution in [0.15, 0.2) is 0 Å². The van der Waals surface area contributed by atoms with Gasteiger partial charge in [-0.25, -0.2) is 0 Å². The van der Waals surface area contributed by atoms with Crippen molar-refractivity contribution in [2.24, 2.45) is 28.6 Å². The largest absolute Gasteiger partial charge is 0.299 e. The maximum absolute atomic E-state index is 12.6. The number of carbonyl (C=O) groups is 1. The van der Waals surface area contributed by atoms with Gasteiger partial charge in [-0.2, -0.15) is 0 Å². The van der Waals surface area contributed by atoms with E-state index in [2.05, 4.69) is 48.5 Å². The predicted molar refractivity (Wildman–Crippen MR) is 83.1 cm³/mol. The molecule has 0 aromatic carbocycles. The van der Waals surface area contributed by atoms with Crippen LogP contribution in [-0.4, -0.2) is 5.78 Å². The molecule has 1 nitrogen and oxygen atoms in total. The highest BCUT2D eigenvalue weighted by Gasteiger charge is 2.39. The first kappa shape index (κ1) is 16.7. The van der Waals surface area contributed by atoms with Crippen LogP contribution in [-0.2, 0) is 4.79 Å². The van der Waals surface area contributed by atoms with Gasteiger partial charge in [-0.3, -0.25) is 4.79 Å². The summed E-state index contributed by atoms with van der Waals surface area (Å²) in [4.78, 5) is 12.6. The van der Waals surface area contributed by atoms with Crippen LogP contribution >= 0.6 is 0 Å². The van der Waals surface area contributed by atoms with Gasteiger partial charge in [0.15, 0.2) is 0 Å². The molecule has 1 saturated carbocycles. The lowest BCUT2D eigenvalue weighted by atomic mass is 9.64. The lowest BCUT2D eigenvalue weighted by Crippen LogP contribution is -2.37. The number of ketones is 1. The summed E-state index contributed by atoms with van der Waals surface area (Å²) in [5.41, 5.74) is -0.0113. The van der Waals surface area contributed by atoms with Crippen molar-refractivity contribution < 1.29 is 4.79 Å². The van der Waals surface area contributed by atoms with E-state index in [0.717, 1.165) is 18.3 Å². The standard InChI is InChI=1S/C18H34O/c1-13(2)18(6,7)16(19)12-17(4,5)15-10-8-14(3)9-11-15/h13-15H,8-12H2,1-7H3. The Hall–Kier alpha value is -0.330. The van der Waals surface area contributed by atoms with Crippen molar-refractivity contribution in [3.05, 3.63) is 0 Å². The molecule has 0 atom stereocenters. The van der Waals surface area contributed by atoms with E-state index in [-0.39, 0.29) is 10.8 Å². The van der Waals surface area contributed by atoms with Crippen molar-refractivity contribution in [1.82, 2.24) is 0 Å². The zero-order valence-electron chi connectivity index (χ0n) is 14.2. The van der Waals surface area contributed by atoms with Crippen LogP contribution in [0.25, 0.3) is 0 Å². The van der Waals surface area contributed by atoms with Gasteiger partial charge in [0.05, 0.1) is 0 Å². The summed E-state index contributed by atoms with van der Waals surface area (Å²) in [6, 6.07) is 0. The van der Waals surface area contributed by atoms with E-state index >= 15 is 0 Å². The first-order valence-electron chi connectivity index (χ1n) is 8.10. The molecule has 0 aromatic rings. The third-order valence-electron chi connectivity index (χ3n) is 5.90. The fraction of sp³-hybridized carbons (Fsp3) is 0.944. The second kappa shape index (κ2) is 5.97. The Labute approximate surface area is 120 Å². The van der Waals surface area contributed by atoms with Crippen molar-refractivity contribution in [2.45, 2.75) is 80.6 Å². The average molecular weight is 266 g/mol. The molecule has 0 aliphatic heterocycles. The van der Waals surface area contributed by atoms with Crippen LogP contribution in [0.2, 0.25) is 0 Å². The monoisotopic (exact) mass is 266 g/mol. The van der Waals surface area contributed by atoms with Crippen LogP contribution < -0.4 is 0 Å². The molecular weight excluding hydrogens is 232 g/mol. The number of hydrogen-bond acceptors (Lipinski definition) is 1. The quantitative estimate of drug-likeness (QED) is 0.644. The van der Waals surface area contributed by atoms with Crippen LogP contribution in [0.3, 0.4) is 0 Å². The molecule has 0 amide bonds. The Balaban J connectivity index is 2.66. The molecule has 0 spiro atoms. The highest BCUT2D eigenvalue weighted by molar-refractivity contribution is 5.84. The third kappa shape index (κ3) is 4.07. The van der Waals surface area contributed by atoms with E-state index in [4.69, 9.17) is 0 Å². The Morgan fingerprint density at radius 2 is 1.53 bits per heavy atom. The number of Topliss-reactive ketones (excluding diaryl/α,β-unsaturated/α-hetero) is 1. The van der Waals surface area contributed by atoms with Gasteiger partial charge in [0.25, 0.3) is 0 Å². The van der Waals surface area contributed by atoms with Crippen molar-refractivity contribution in [3.8, 4) is 0 Å². The topological polar surface area (TPSA) is 17.1 Å². The van der Waals surface area contributed by atoms with E-state index in [1.54, 1.807) is 0 Å². The fourth-order valence-corrected chi connectivity index (χ4v) is 3.15. The smallest absolute Gasteiger partial charge is 0.139 e. The molecule has 1 rings (SSSR count). The molecule has 0 unspecified atom stereocenters. The molecular formula is C18H34O. The summed E-state index contributed by atoms with van der Waals surface area (Å²) < 4.78 is 0. The zero-order valence-corrected chi connectivity index (χ0v) is 14.2. The van der Waals surface area contributed by atoms with Crippen LogP contribution in [0.1, 0.15) is 80.6 Å². The molecule has 1 fully saturated rings. The van der Waals surface area contributed by atoms with Crippen molar-refractivity contribution in [1.29, 1.82) is 0 Å². The van der Waals surface area contributed by atoms with E-state index in [1.807, 2.05) is 0 Å². The SMILES string of the molecule is CC1CCC(C(C)(C)CC(=O)C(C)(C)C(C)C)CC1. The van der Waals surface area contributed by atoms with Crippen molar-refractivity contribution in [3.63, 3.8) is 0 Å². The Morgan fingerprint density at radius 1 is 1.05 bits per heavy atom. The molecule has 1 heteroatoms. The molecule has 0 heterocycles. The minimum Gasteiger partial charge on any atom is -0.299 e. The van der Waals surface area contributed by atoms with E-state index in [1.165, 1.54) is 25.7 Å². The number of rotatable bonds is 5. The molecule has 0 radical (unpaired) electrons. The highest BCUT2D eigenvalue weighted by atomic mass is 16.1. The van der Waals surface area contributed by atoms with Gasteiger partial charge in [0, 0.05) is 11.8 Å². The van der Waals surface area contributed by atoms with Gasteiger partial charge in [-0.1, -0.05) is 61.3 Å². The molecule has 112 valence electrons. The van der Waals surface area contributed by atoms with Gasteiger partial charge in [0.1, 0.15) is 5.78 Å². The molecule has 0 bridgehead atoms. The first-order chi connectivity index (χ1) is 8.57. The summed E-state index contributed by atoms with van der Waals surface area (Å²) in [5.74, 6) is 2.48. The summed E-state index contributed by atoms with van der Waals surface area (Å²) in [6.07, 6.45) is 6.05. The average Bonchev–Trinajstić information content (AvgIpc) is 2.28. The summed E-state index contributed by atoms with van der Waals surface area (Å²) in [7, 11) is 0. The van der Waals surface area contributed by atoms with Gasteiger partial charge in [-0.05, 0) is 36.0 Å². The van der Waals surface area contributed by atoms with Crippen molar-refractivity contribution in [2.75, 3.05) is 0 Å². The maximum atomic E-state index is 12.6. The van der Waals surface area contributed by atoms with Gasteiger partial charge in [-0.15, -0.1) is 0 Å². The zero-order chi connectivity index (χ0) is 14.8. The summed E-state index contributed by atoms with van der Waals surface area (Å²) in [5, 5.41) is 0. The normalized spacial score (nSPS) is 25.7. The molecule has 0 N–H and O–H groups in total. The van der Waals surface area contributed by atoms with E-state index in [9.17, 15) is 4.79 Å². The summed E-state index contributed by atoms with van der Waals surface area (Å²) in [6.45, 7) is 15.5. The minimum atomic E-state index is -0.181. The highest BCUT2D eigenvalue weighted by Crippen LogP contribution is 2.44. The first-order valence-corrected chi connectivity index (χ1v) is 8.10. The van der Waals surface area contributed by atoms with Gasteiger partial charge >= 0.3 is 0 Å². The number of carbonyl (C=O) groups excluding carboxylic acids is 1. The Kier molecular flexibility index (Phi) is 5.26. The van der Waals surface area contributed by atoms with Crippen LogP contribution in [0.4, 0.5) is 0 Å². The van der Waals surface area contributed by atoms with Crippen LogP contribution in [0.5, 0.6) is 0 Å². The van der Waals surface area contributed by atoms with Gasteiger partial charge in [0.2, 0.25) is 0 Å². The van der Waals surface area contributed by atoms with Crippen molar-refractivity contribution >= 4 is 5.78 Å². The second-order valence-electron chi connectivity index (χ2n) is 8.42. The summed E-state index contributed by atoms with van der Waals surface area (Å²) >= 11 is 0. The second-order valence-corrected chi connectivity index (χ2v) is 8.42. The maximum Gasteiger partial charge on any atom is 0.139 e. The van der Waals surface area contributed by atoms with E-state index in [0.29, 0.717) is 11.7 Å². The Bertz CT molecular complexity index is 304. The van der Waals surface area contributed by atoms with Gasteiger partial charge < -0.3 is 0 Å². The molecule has 19 heavy (non-hydrogen) atoms. The lowest BCUT2D eigenvalue weighted by Gasteiger charge is -2.40. The third-order valence-corrected chi connectivity index (χ3v) is 5.90. The molecule has 1 aliphatic carbocycles. The lowest BCUT2D eigenvalue weighted by molar-refractivity contribution is -0.132. The number of hydrogen-bond donors (Lipinski definition) is 0. The molecule has 1 aliphatic rings. The van der Waals surface area contributed by atoms with E-state index < -0.39 is 0 Å². The Morgan fingerprint density at radius 3 is 1.95 bits per heavy atom.